The van der Waals surface area contributed by atoms with Gasteiger partial charge in [0.15, 0.2) is 0 Å². The molecule has 0 N–H and O–H groups in total. The van der Waals surface area contributed by atoms with Gasteiger partial charge in [-0.2, -0.15) is 0 Å². The van der Waals surface area contributed by atoms with E-state index in [1.54, 1.807) is 0 Å². The molecule has 0 nitrogen and oxygen atoms in total. The minimum absolute atomic E-state index is 0. The zero-order valence-electron chi connectivity index (χ0n) is 5.94. The van der Waals surface area contributed by atoms with Gasteiger partial charge in [0.25, 0.3) is 0 Å². The van der Waals surface area contributed by atoms with Crippen LogP contribution in [0.2, 0.25) is 0 Å². The van der Waals surface area contributed by atoms with Gasteiger partial charge in [-0.3, -0.25) is 14.1 Å². The summed E-state index contributed by atoms with van der Waals surface area (Å²) < 4.78 is 0. The van der Waals surface area contributed by atoms with E-state index in [4.69, 9.17) is 12.6 Å². The Kier molecular flexibility index (Phi) is 11.1. The van der Waals surface area contributed by atoms with Gasteiger partial charge in [0, 0.05) is 4.90 Å². The highest BCUT2D eigenvalue weighted by atomic mass is 32.1. The molecular weight excluding hydrogens is 173 g/mol. The summed E-state index contributed by atoms with van der Waals surface area (Å²) in [5.74, 6) is 0. The lowest BCUT2D eigenvalue weighted by Gasteiger charge is -1.91. The van der Waals surface area contributed by atoms with Crippen LogP contribution >= 0.6 is 12.6 Å². The molecule has 11 heavy (non-hydrogen) atoms. The molecular formula is C7H10F3S. The van der Waals surface area contributed by atoms with Gasteiger partial charge in [-0.05, 0) is 18.6 Å². The maximum atomic E-state index is 4.95. The lowest BCUT2D eigenvalue weighted by molar-refractivity contribution is 1.11. The van der Waals surface area contributed by atoms with Crippen molar-refractivity contribution in [2.24, 2.45) is 0 Å². The summed E-state index contributed by atoms with van der Waals surface area (Å²) >= 11 is 4.95. The molecule has 1 rings (SSSR count). The Labute approximate surface area is 69.1 Å². The lowest BCUT2D eigenvalue weighted by Crippen LogP contribution is -1.70. The summed E-state index contributed by atoms with van der Waals surface area (Å²) in [7, 11) is 0. The summed E-state index contributed by atoms with van der Waals surface area (Å²) in [6.07, 6.45) is 0. The fraction of sp³-hybridized carbons (Fsp3) is 0.143. The Bertz CT molecular complexity index is 170. The van der Waals surface area contributed by atoms with Gasteiger partial charge in [-0.1, -0.05) is 30.8 Å². The van der Waals surface area contributed by atoms with Crippen LogP contribution in [0.5, 0.6) is 0 Å². The molecule has 0 saturated heterocycles. The molecule has 0 heterocycles. The van der Waals surface area contributed by atoms with Gasteiger partial charge in [-0.25, -0.2) is 0 Å². The van der Waals surface area contributed by atoms with Crippen molar-refractivity contribution in [3.63, 3.8) is 0 Å². The predicted octanol–water partition coefficient (Wildman–Crippen LogP) is 3.01. The van der Waals surface area contributed by atoms with Gasteiger partial charge in [0.05, 0.1) is 0 Å². The molecule has 0 aliphatic carbocycles. The topological polar surface area (TPSA) is 0 Å². The third kappa shape index (κ3) is 4.61. The van der Waals surface area contributed by atoms with Crippen LogP contribution in [-0.4, -0.2) is 0 Å². The van der Waals surface area contributed by atoms with Crippen molar-refractivity contribution in [2.45, 2.75) is 11.8 Å². The smallest absolute Gasteiger partial charge is 0.0406 e. The van der Waals surface area contributed by atoms with Gasteiger partial charge >= 0.3 is 0 Å². The molecule has 0 unspecified atom stereocenters. The zero-order chi connectivity index (χ0) is 5.98. The first-order valence-corrected chi connectivity index (χ1v) is 2.94. The third-order valence-corrected chi connectivity index (χ3v) is 1.55. The van der Waals surface area contributed by atoms with E-state index in [9.17, 15) is 0 Å². The molecule has 65 valence electrons. The first-order chi connectivity index (χ1) is 3.80. The molecule has 1 aromatic carbocycles. The minimum Gasteiger partial charge on any atom is -0.269 e. The van der Waals surface area contributed by atoms with E-state index in [1.807, 2.05) is 31.2 Å². The number of aryl methyl sites for hydroxylation is 1. The minimum atomic E-state index is 0. The SMILES string of the molecule is Cc1ccccc1[S].F.F.F. The van der Waals surface area contributed by atoms with E-state index in [0.29, 0.717) is 0 Å². The average molecular weight is 183 g/mol. The molecule has 0 fully saturated rings. The van der Waals surface area contributed by atoms with Gasteiger partial charge in [-0.15, -0.1) is 0 Å². The zero-order valence-corrected chi connectivity index (χ0v) is 6.76. The molecule has 0 spiro atoms. The average Bonchev–Trinajstić information content (AvgIpc) is 1.77. The highest BCUT2D eigenvalue weighted by Gasteiger charge is 1.86. The Morgan fingerprint density at radius 2 is 1.45 bits per heavy atom. The predicted molar refractivity (Wildman–Crippen MR) is 44.5 cm³/mol. The standard InChI is InChI=1S/C7H7S.3FH/c1-6-4-2-3-5-7(6)8;;;/h2-5H,1H3;3*1H. The highest BCUT2D eigenvalue weighted by Crippen LogP contribution is 2.09. The van der Waals surface area contributed by atoms with E-state index >= 15 is 0 Å². The Morgan fingerprint density at radius 3 is 1.73 bits per heavy atom. The monoisotopic (exact) mass is 183 g/mol. The van der Waals surface area contributed by atoms with Crippen LogP contribution in [0.25, 0.3) is 0 Å². The van der Waals surface area contributed by atoms with E-state index in [1.165, 1.54) is 5.56 Å². The van der Waals surface area contributed by atoms with Crippen molar-refractivity contribution in [3.05, 3.63) is 29.8 Å². The quantitative estimate of drug-likeness (QED) is 0.580. The van der Waals surface area contributed by atoms with Crippen molar-refractivity contribution in [2.75, 3.05) is 0 Å². The molecule has 1 radical (unpaired) electrons. The largest absolute Gasteiger partial charge is 0.269 e. The van der Waals surface area contributed by atoms with Crippen LogP contribution in [0.4, 0.5) is 14.1 Å². The van der Waals surface area contributed by atoms with Crippen LogP contribution in [0, 0.1) is 6.92 Å². The number of hydrogen-bond acceptors (Lipinski definition) is 0. The third-order valence-electron chi connectivity index (χ3n) is 1.09. The van der Waals surface area contributed by atoms with Gasteiger partial charge < -0.3 is 0 Å². The second-order valence-electron chi connectivity index (χ2n) is 1.77. The second-order valence-corrected chi connectivity index (χ2v) is 2.21. The Balaban J connectivity index is -0.000000213. The molecule has 0 aliphatic rings. The molecule has 0 atom stereocenters. The molecule has 1 aromatic rings. The number of rotatable bonds is 0. The van der Waals surface area contributed by atoms with Crippen molar-refractivity contribution in [3.8, 4) is 0 Å². The molecule has 4 heteroatoms. The summed E-state index contributed by atoms with van der Waals surface area (Å²) in [6, 6.07) is 7.90. The van der Waals surface area contributed by atoms with E-state index in [0.717, 1.165) is 4.90 Å². The maximum Gasteiger partial charge on any atom is 0.0406 e. The maximum absolute atomic E-state index is 4.95. The summed E-state index contributed by atoms with van der Waals surface area (Å²) in [5, 5.41) is 0. The van der Waals surface area contributed by atoms with Crippen LogP contribution in [-0.2, 0) is 0 Å². The van der Waals surface area contributed by atoms with Crippen molar-refractivity contribution in [1.29, 1.82) is 0 Å². The Hall–Kier alpha value is -0.770. The second kappa shape index (κ2) is 7.34. The van der Waals surface area contributed by atoms with E-state index in [2.05, 4.69) is 0 Å². The van der Waals surface area contributed by atoms with Gasteiger partial charge in [0.1, 0.15) is 0 Å². The fourth-order valence-corrected chi connectivity index (χ4v) is 0.703. The molecule has 0 saturated carbocycles. The first kappa shape index (κ1) is 16.7. The highest BCUT2D eigenvalue weighted by molar-refractivity contribution is 7.80. The number of hydrogen-bond donors (Lipinski definition) is 0. The van der Waals surface area contributed by atoms with Crippen LogP contribution < -0.4 is 0 Å². The fourth-order valence-electron chi connectivity index (χ4n) is 0.556. The molecule has 0 aromatic heterocycles. The summed E-state index contributed by atoms with van der Waals surface area (Å²) in [6.45, 7) is 2.02. The first-order valence-electron chi connectivity index (χ1n) is 2.53. The van der Waals surface area contributed by atoms with E-state index < -0.39 is 0 Å². The van der Waals surface area contributed by atoms with Crippen molar-refractivity contribution in [1.82, 2.24) is 0 Å². The lowest BCUT2D eigenvalue weighted by atomic mass is 10.2. The molecule has 0 bridgehead atoms. The van der Waals surface area contributed by atoms with Crippen molar-refractivity contribution >= 4 is 12.6 Å². The Morgan fingerprint density at radius 1 is 1.00 bits per heavy atom. The number of benzene rings is 1. The van der Waals surface area contributed by atoms with Crippen molar-refractivity contribution < 1.29 is 14.1 Å². The molecule has 0 amide bonds. The van der Waals surface area contributed by atoms with Crippen LogP contribution in [0.1, 0.15) is 5.56 Å². The van der Waals surface area contributed by atoms with Crippen LogP contribution in [0.3, 0.4) is 0 Å². The van der Waals surface area contributed by atoms with Crippen LogP contribution in [0.15, 0.2) is 29.2 Å². The summed E-state index contributed by atoms with van der Waals surface area (Å²) in [5.41, 5.74) is 1.18. The normalized spacial score (nSPS) is 6.64. The summed E-state index contributed by atoms with van der Waals surface area (Å²) in [4.78, 5) is 0.951. The van der Waals surface area contributed by atoms with Gasteiger partial charge in [0.2, 0.25) is 0 Å². The molecule has 0 aliphatic heterocycles. The van der Waals surface area contributed by atoms with E-state index in [-0.39, 0.29) is 14.1 Å². The number of halogens is 3.